The van der Waals surface area contributed by atoms with Crippen LogP contribution < -0.4 is 10.1 Å². The molecule has 0 aromatic heterocycles. The number of methoxy groups -OCH3 is 1. The van der Waals surface area contributed by atoms with Gasteiger partial charge in [-0.1, -0.05) is 19.1 Å². The fourth-order valence-corrected chi connectivity index (χ4v) is 1.75. The van der Waals surface area contributed by atoms with Crippen LogP contribution in [0.2, 0.25) is 0 Å². The summed E-state index contributed by atoms with van der Waals surface area (Å²) in [5.41, 5.74) is -0.500. The van der Waals surface area contributed by atoms with Crippen molar-refractivity contribution in [2.45, 2.75) is 26.3 Å². The van der Waals surface area contributed by atoms with Crippen molar-refractivity contribution >= 4 is 5.97 Å². The SMILES string of the molecule is CCNC(C)(COc1cccc(C)c1F)C(=O)OC. The highest BCUT2D eigenvalue weighted by atomic mass is 19.1. The van der Waals surface area contributed by atoms with Crippen molar-refractivity contribution in [1.82, 2.24) is 5.32 Å². The number of hydrogen-bond acceptors (Lipinski definition) is 4. The lowest BCUT2D eigenvalue weighted by atomic mass is 10.0. The van der Waals surface area contributed by atoms with Crippen molar-refractivity contribution in [3.8, 4) is 5.75 Å². The molecule has 106 valence electrons. The van der Waals surface area contributed by atoms with E-state index in [9.17, 15) is 9.18 Å². The van der Waals surface area contributed by atoms with E-state index in [2.05, 4.69) is 5.32 Å². The molecule has 0 aliphatic heterocycles. The Labute approximate surface area is 112 Å². The summed E-state index contributed by atoms with van der Waals surface area (Å²) in [7, 11) is 1.31. The minimum atomic E-state index is -1.00. The molecule has 0 bridgehead atoms. The molecule has 0 radical (unpaired) electrons. The standard InChI is InChI=1S/C14H20FNO3/c1-5-16-14(3,13(17)18-4)9-19-11-8-6-7-10(2)12(11)15/h6-8,16H,5,9H2,1-4H3. The first-order valence-electron chi connectivity index (χ1n) is 6.16. The van der Waals surface area contributed by atoms with Gasteiger partial charge in [0.2, 0.25) is 0 Å². The first-order valence-corrected chi connectivity index (χ1v) is 6.16. The molecule has 19 heavy (non-hydrogen) atoms. The number of carbonyl (C=O) groups excluding carboxylic acids is 1. The lowest BCUT2D eigenvalue weighted by Gasteiger charge is -2.27. The van der Waals surface area contributed by atoms with Gasteiger partial charge in [0.1, 0.15) is 12.1 Å². The fourth-order valence-electron chi connectivity index (χ4n) is 1.75. The van der Waals surface area contributed by atoms with Gasteiger partial charge in [0.05, 0.1) is 7.11 Å². The normalized spacial score (nSPS) is 13.7. The Balaban J connectivity index is 2.82. The van der Waals surface area contributed by atoms with E-state index in [0.29, 0.717) is 12.1 Å². The molecule has 0 heterocycles. The molecule has 0 aliphatic rings. The maximum atomic E-state index is 13.8. The number of rotatable bonds is 6. The Bertz CT molecular complexity index is 450. The van der Waals surface area contributed by atoms with Crippen LogP contribution in [0, 0.1) is 12.7 Å². The summed E-state index contributed by atoms with van der Waals surface area (Å²) in [4.78, 5) is 11.7. The van der Waals surface area contributed by atoms with E-state index in [-0.39, 0.29) is 12.4 Å². The van der Waals surface area contributed by atoms with E-state index >= 15 is 0 Å². The smallest absolute Gasteiger partial charge is 0.329 e. The third-order valence-electron chi connectivity index (χ3n) is 2.88. The van der Waals surface area contributed by atoms with Crippen molar-refractivity contribution in [3.05, 3.63) is 29.6 Å². The summed E-state index contributed by atoms with van der Waals surface area (Å²) < 4.78 is 23.9. The molecule has 0 amide bonds. The summed E-state index contributed by atoms with van der Waals surface area (Å²) in [5, 5.41) is 2.99. The second-order valence-electron chi connectivity index (χ2n) is 4.53. The predicted molar refractivity (Wildman–Crippen MR) is 70.7 cm³/mol. The van der Waals surface area contributed by atoms with Gasteiger partial charge in [0, 0.05) is 0 Å². The summed E-state index contributed by atoms with van der Waals surface area (Å²) in [6, 6.07) is 4.90. The number of benzene rings is 1. The first-order chi connectivity index (χ1) is 8.94. The Kier molecular flexibility index (Phi) is 5.30. The predicted octanol–water partition coefficient (Wildman–Crippen LogP) is 2.05. The van der Waals surface area contributed by atoms with E-state index in [4.69, 9.17) is 9.47 Å². The first kappa shape index (κ1) is 15.4. The summed E-state index contributed by atoms with van der Waals surface area (Å²) in [6.07, 6.45) is 0. The van der Waals surface area contributed by atoms with Crippen LogP contribution in [0.1, 0.15) is 19.4 Å². The second-order valence-corrected chi connectivity index (χ2v) is 4.53. The molecular formula is C14H20FNO3. The lowest BCUT2D eigenvalue weighted by Crippen LogP contribution is -2.54. The Morgan fingerprint density at radius 2 is 2.16 bits per heavy atom. The molecule has 0 fully saturated rings. The quantitative estimate of drug-likeness (QED) is 0.803. The Morgan fingerprint density at radius 1 is 1.47 bits per heavy atom. The Hall–Kier alpha value is -1.62. The largest absolute Gasteiger partial charge is 0.488 e. The van der Waals surface area contributed by atoms with Gasteiger partial charge < -0.3 is 9.47 Å². The van der Waals surface area contributed by atoms with Gasteiger partial charge >= 0.3 is 5.97 Å². The van der Waals surface area contributed by atoms with E-state index in [0.717, 1.165) is 0 Å². The summed E-state index contributed by atoms with van der Waals surface area (Å²) in [5.74, 6) is -0.721. The average molecular weight is 269 g/mol. The molecule has 1 aromatic rings. The van der Waals surface area contributed by atoms with Gasteiger partial charge in [-0.25, -0.2) is 9.18 Å². The third kappa shape index (κ3) is 3.67. The zero-order valence-corrected chi connectivity index (χ0v) is 11.7. The topological polar surface area (TPSA) is 47.6 Å². The van der Waals surface area contributed by atoms with Gasteiger partial charge in [-0.3, -0.25) is 5.32 Å². The van der Waals surface area contributed by atoms with E-state index < -0.39 is 17.3 Å². The highest BCUT2D eigenvalue weighted by molar-refractivity contribution is 5.80. The van der Waals surface area contributed by atoms with Gasteiger partial charge in [-0.2, -0.15) is 0 Å². The number of hydrogen-bond donors (Lipinski definition) is 1. The molecule has 0 saturated heterocycles. The number of aryl methyl sites for hydroxylation is 1. The zero-order valence-electron chi connectivity index (χ0n) is 11.7. The monoisotopic (exact) mass is 269 g/mol. The number of halogens is 1. The van der Waals surface area contributed by atoms with Crippen LogP contribution in [-0.2, 0) is 9.53 Å². The van der Waals surface area contributed by atoms with Crippen LogP contribution in [0.4, 0.5) is 4.39 Å². The second kappa shape index (κ2) is 6.52. The van der Waals surface area contributed by atoms with Crippen molar-refractivity contribution in [1.29, 1.82) is 0 Å². The maximum Gasteiger partial charge on any atom is 0.329 e. The van der Waals surface area contributed by atoms with Crippen molar-refractivity contribution in [2.75, 3.05) is 20.3 Å². The van der Waals surface area contributed by atoms with E-state index in [1.54, 1.807) is 26.0 Å². The van der Waals surface area contributed by atoms with Crippen LogP contribution >= 0.6 is 0 Å². The van der Waals surface area contributed by atoms with Crippen molar-refractivity contribution in [3.63, 3.8) is 0 Å². The zero-order chi connectivity index (χ0) is 14.5. The van der Waals surface area contributed by atoms with Crippen LogP contribution in [-0.4, -0.2) is 31.8 Å². The minimum Gasteiger partial charge on any atom is -0.488 e. The van der Waals surface area contributed by atoms with Crippen molar-refractivity contribution in [2.24, 2.45) is 0 Å². The highest BCUT2D eigenvalue weighted by Gasteiger charge is 2.34. The fraction of sp³-hybridized carbons (Fsp3) is 0.500. The van der Waals surface area contributed by atoms with Gasteiger partial charge in [-0.05, 0) is 32.0 Å². The van der Waals surface area contributed by atoms with Gasteiger partial charge in [-0.15, -0.1) is 0 Å². The summed E-state index contributed by atoms with van der Waals surface area (Å²) in [6.45, 7) is 5.76. The van der Waals surface area contributed by atoms with Crippen LogP contribution in [0.5, 0.6) is 5.75 Å². The Morgan fingerprint density at radius 3 is 2.74 bits per heavy atom. The molecule has 1 aromatic carbocycles. The number of carbonyl (C=O) groups is 1. The van der Waals surface area contributed by atoms with Crippen molar-refractivity contribution < 1.29 is 18.7 Å². The minimum absolute atomic E-state index is 0.00606. The molecule has 1 rings (SSSR count). The summed E-state index contributed by atoms with van der Waals surface area (Å²) >= 11 is 0. The molecule has 4 nitrogen and oxygen atoms in total. The van der Waals surface area contributed by atoms with E-state index in [1.807, 2.05) is 6.92 Å². The molecule has 0 spiro atoms. The number of ether oxygens (including phenoxy) is 2. The molecular weight excluding hydrogens is 249 g/mol. The molecule has 0 aliphatic carbocycles. The van der Waals surface area contributed by atoms with Crippen LogP contribution in [0.3, 0.4) is 0 Å². The molecule has 0 saturated carbocycles. The van der Waals surface area contributed by atoms with Crippen LogP contribution in [0.15, 0.2) is 18.2 Å². The molecule has 1 atom stereocenters. The number of likely N-dealkylation sites (N-methyl/N-ethyl adjacent to an activating group) is 1. The molecule has 1 unspecified atom stereocenters. The highest BCUT2D eigenvalue weighted by Crippen LogP contribution is 2.21. The maximum absolute atomic E-state index is 13.8. The number of esters is 1. The molecule has 5 heteroatoms. The number of nitrogens with one attached hydrogen (secondary N) is 1. The average Bonchev–Trinajstić information content (AvgIpc) is 2.40. The third-order valence-corrected chi connectivity index (χ3v) is 2.88. The lowest BCUT2D eigenvalue weighted by molar-refractivity contribution is -0.149. The molecule has 1 N–H and O–H groups in total. The van der Waals surface area contributed by atoms with Gasteiger partial charge in [0.25, 0.3) is 0 Å². The van der Waals surface area contributed by atoms with E-state index in [1.165, 1.54) is 13.2 Å². The van der Waals surface area contributed by atoms with Gasteiger partial charge in [0.15, 0.2) is 11.6 Å². The van der Waals surface area contributed by atoms with Crippen LogP contribution in [0.25, 0.3) is 0 Å².